The minimum absolute atomic E-state index is 0.239. The number of esters is 1. The molecule has 0 saturated carbocycles. The maximum Gasteiger partial charge on any atom is 0.303 e. The number of ether oxygens (including phenoxy) is 2. The fraction of sp³-hybridized carbons (Fsp3) is 0.889. The number of hydrogen-bond acceptors (Lipinski definition) is 3. The summed E-state index contributed by atoms with van der Waals surface area (Å²) in [6.07, 6.45) is 0.737. The Morgan fingerprint density at radius 1 is 1.42 bits per heavy atom. The highest BCUT2D eigenvalue weighted by Crippen LogP contribution is 2.14. The summed E-state index contributed by atoms with van der Waals surface area (Å²) in [5.74, 6) is -0.239. The zero-order chi connectivity index (χ0) is 9.61. The van der Waals surface area contributed by atoms with Crippen molar-refractivity contribution in [1.29, 1.82) is 0 Å². The summed E-state index contributed by atoms with van der Waals surface area (Å²) in [5, 5.41) is 0. The zero-order valence-electron chi connectivity index (χ0n) is 8.35. The molecule has 3 nitrogen and oxygen atoms in total. The standard InChI is InChI=1S/C9H18O3/c1-5-11-7-6-9(3,4)12-8(2)10/h5-7H2,1-4H3. The quantitative estimate of drug-likeness (QED) is 0.470. The van der Waals surface area contributed by atoms with Gasteiger partial charge < -0.3 is 9.47 Å². The lowest BCUT2D eigenvalue weighted by Crippen LogP contribution is -2.28. The molecule has 72 valence electrons. The van der Waals surface area contributed by atoms with E-state index < -0.39 is 5.60 Å². The van der Waals surface area contributed by atoms with Crippen LogP contribution in [0.1, 0.15) is 34.1 Å². The predicted molar refractivity (Wildman–Crippen MR) is 47.0 cm³/mol. The van der Waals surface area contributed by atoms with E-state index in [1.165, 1.54) is 6.92 Å². The van der Waals surface area contributed by atoms with Crippen molar-refractivity contribution in [2.75, 3.05) is 13.2 Å². The molecule has 0 aliphatic rings. The third-order valence-electron chi connectivity index (χ3n) is 1.47. The van der Waals surface area contributed by atoms with Crippen molar-refractivity contribution < 1.29 is 14.3 Å². The molecular formula is C9H18O3. The lowest BCUT2D eigenvalue weighted by molar-refractivity contribution is -0.155. The van der Waals surface area contributed by atoms with Gasteiger partial charge in [0.25, 0.3) is 0 Å². The highest BCUT2D eigenvalue weighted by Gasteiger charge is 2.20. The number of hydrogen-bond donors (Lipinski definition) is 0. The van der Waals surface area contributed by atoms with Crippen LogP contribution in [0, 0.1) is 0 Å². The van der Waals surface area contributed by atoms with Gasteiger partial charge in [0.15, 0.2) is 0 Å². The first-order valence-corrected chi connectivity index (χ1v) is 4.25. The van der Waals surface area contributed by atoms with Gasteiger partial charge in [-0.2, -0.15) is 0 Å². The molecule has 0 aromatic rings. The molecule has 0 N–H and O–H groups in total. The Bertz CT molecular complexity index is 141. The fourth-order valence-corrected chi connectivity index (χ4v) is 0.902. The SMILES string of the molecule is CCOCCC(C)(C)OC(C)=O. The molecule has 0 unspecified atom stereocenters. The van der Waals surface area contributed by atoms with Crippen molar-refractivity contribution in [3.8, 4) is 0 Å². The topological polar surface area (TPSA) is 35.5 Å². The van der Waals surface area contributed by atoms with E-state index in [-0.39, 0.29) is 5.97 Å². The average molecular weight is 174 g/mol. The lowest BCUT2D eigenvalue weighted by Gasteiger charge is -2.23. The van der Waals surface area contributed by atoms with E-state index in [4.69, 9.17) is 9.47 Å². The van der Waals surface area contributed by atoms with Crippen molar-refractivity contribution in [2.45, 2.75) is 39.7 Å². The molecule has 0 aromatic heterocycles. The molecule has 0 saturated heterocycles. The van der Waals surface area contributed by atoms with Gasteiger partial charge in [-0.25, -0.2) is 0 Å². The fourth-order valence-electron chi connectivity index (χ4n) is 0.902. The van der Waals surface area contributed by atoms with Gasteiger partial charge in [0, 0.05) is 20.0 Å². The number of rotatable bonds is 5. The molecule has 0 rings (SSSR count). The molecule has 0 spiro atoms. The average Bonchev–Trinajstić information content (AvgIpc) is 1.84. The van der Waals surface area contributed by atoms with Gasteiger partial charge in [-0.3, -0.25) is 4.79 Å². The van der Waals surface area contributed by atoms with Crippen LogP contribution in [0.5, 0.6) is 0 Å². The van der Waals surface area contributed by atoms with Crippen LogP contribution in [0.15, 0.2) is 0 Å². The van der Waals surface area contributed by atoms with Gasteiger partial charge in [-0.1, -0.05) is 0 Å². The summed E-state index contributed by atoms with van der Waals surface area (Å²) in [6, 6.07) is 0. The molecule has 0 aliphatic carbocycles. The van der Waals surface area contributed by atoms with E-state index >= 15 is 0 Å². The third-order valence-corrected chi connectivity index (χ3v) is 1.47. The van der Waals surface area contributed by atoms with E-state index in [1.807, 2.05) is 20.8 Å². The Morgan fingerprint density at radius 2 is 2.00 bits per heavy atom. The summed E-state index contributed by atoms with van der Waals surface area (Å²) in [6.45, 7) is 8.47. The van der Waals surface area contributed by atoms with Crippen molar-refractivity contribution in [3.05, 3.63) is 0 Å². The van der Waals surface area contributed by atoms with Crippen LogP contribution in [-0.2, 0) is 14.3 Å². The maximum absolute atomic E-state index is 10.6. The van der Waals surface area contributed by atoms with Crippen molar-refractivity contribution in [1.82, 2.24) is 0 Å². The summed E-state index contributed by atoms with van der Waals surface area (Å²) < 4.78 is 10.2. The van der Waals surface area contributed by atoms with Crippen molar-refractivity contribution in [3.63, 3.8) is 0 Å². The molecule has 12 heavy (non-hydrogen) atoms. The molecule has 0 radical (unpaired) electrons. The third kappa shape index (κ3) is 6.16. The van der Waals surface area contributed by atoms with Crippen LogP contribution >= 0.6 is 0 Å². The second-order valence-electron chi connectivity index (χ2n) is 3.30. The molecule has 0 fully saturated rings. The largest absolute Gasteiger partial charge is 0.460 e. The zero-order valence-corrected chi connectivity index (χ0v) is 8.35. The molecule has 0 bridgehead atoms. The Kier molecular flexibility index (Phi) is 4.90. The van der Waals surface area contributed by atoms with E-state index in [0.717, 1.165) is 6.42 Å². The maximum atomic E-state index is 10.6. The van der Waals surface area contributed by atoms with Gasteiger partial charge in [0.2, 0.25) is 0 Å². The van der Waals surface area contributed by atoms with Crippen LogP contribution in [0.4, 0.5) is 0 Å². The highest BCUT2D eigenvalue weighted by molar-refractivity contribution is 5.66. The van der Waals surface area contributed by atoms with Gasteiger partial charge in [-0.15, -0.1) is 0 Å². The molecule has 0 aliphatic heterocycles. The van der Waals surface area contributed by atoms with E-state index in [0.29, 0.717) is 13.2 Å². The molecule has 0 heterocycles. The van der Waals surface area contributed by atoms with E-state index in [2.05, 4.69) is 0 Å². The van der Waals surface area contributed by atoms with Crippen molar-refractivity contribution in [2.24, 2.45) is 0 Å². The molecule has 0 aromatic carbocycles. The summed E-state index contributed by atoms with van der Waals surface area (Å²) in [5.41, 5.74) is -0.402. The number of carbonyl (C=O) groups is 1. The minimum atomic E-state index is -0.402. The van der Waals surface area contributed by atoms with Crippen molar-refractivity contribution >= 4 is 5.97 Å². The lowest BCUT2D eigenvalue weighted by atomic mass is 10.1. The predicted octanol–water partition coefficient (Wildman–Crippen LogP) is 1.75. The van der Waals surface area contributed by atoms with Crippen LogP contribution in [0.3, 0.4) is 0 Å². The van der Waals surface area contributed by atoms with Gasteiger partial charge in [0.1, 0.15) is 5.60 Å². The second kappa shape index (κ2) is 5.14. The summed E-state index contributed by atoms with van der Waals surface area (Å²) >= 11 is 0. The molecule has 3 heteroatoms. The first-order valence-electron chi connectivity index (χ1n) is 4.25. The summed E-state index contributed by atoms with van der Waals surface area (Å²) in [4.78, 5) is 10.6. The molecule has 0 amide bonds. The van der Waals surface area contributed by atoms with E-state index in [9.17, 15) is 4.79 Å². The Balaban J connectivity index is 3.63. The van der Waals surface area contributed by atoms with Gasteiger partial charge in [-0.05, 0) is 20.8 Å². The summed E-state index contributed by atoms with van der Waals surface area (Å²) in [7, 11) is 0. The Labute approximate surface area is 74.0 Å². The van der Waals surface area contributed by atoms with E-state index in [1.54, 1.807) is 0 Å². The van der Waals surface area contributed by atoms with Crippen LogP contribution < -0.4 is 0 Å². The number of carbonyl (C=O) groups excluding carboxylic acids is 1. The minimum Gasteiger partial charge on any atom is -0.460 e. The first kappa shape index (κ1) is 11.4. The molecule has 0 atom stereocenters. The van der Waals surface area contributed by atoms with Crippen LogP contribution in [0.25, 0.3) is 0 Å². The molecular weight excluding hydrogens is 156 g/mol. The van der Waals surface area contributed by atoms with Crippen LogP contribution in [-0.4, -0.2) is 24.8 Å². The first-order chi connectivity index (χ1) is 5.48. The van der Waals surface area contributed by atoms with Crippen LogP contribution in [0.2, 0.25) is 0 Å². The Hall–Kier alpha value is -0.570. The highest BCUT2D eigenvalue weighted by atomic mass is 16.6. The van der Waals surface area contributed by atoms with Gasteiger partial charge in [0.05, 0.1) is 6.61 Å². The monoisotopic (exact) mass is 174 g/mol. The normalized spacial score (nSPS) is 11.3. The smallest absolute Gasteiger partial charge is 0.303 e. The van der Waals surface area contributed by atoms with Gasteiger partial charge >= 0.3 is 5.97 Å². The Morgan fingerprint density at radius 3 is 2.42 bits per heavy atom. The second-order valence-corrected chi connectivity index (χ2v) is 3.30.